The highest BCUT2D eigenvalue weighted by atomic mass is 32.2. The van der Waals surface area contributed by atoms with Crippen molar-refractivity contribution in [2.24, 2.45) is 5.73 Å². The average Bonchev–Trinajstić information content (AvgIpc) is 2.26. The molecule has 8 heteroatoms. The Morgan fingerprint density at radius 3 is 2.37 bits per heavy atom. The van der Waals surface area contributed by atoms with Crippen LogP contribution in [0.2, 0.25) is 0 Å². The van der Waals surface area contributed by atoms with Gasteiger partial charge >= 0.3 is 0 Å². The van der Waals surface area contributed by atoms with Crippen LogP contribution in [0.15, 0.2) is 0 Å². The molecule has 0 saturated heterocycles. The SMILES string of the molecule is CCCCCCNC(=O)C(CCC(N)=O)S(=O)(=O)O. The van der Waals surface area contributed by atoms with Gasteiger partial charge in [0.15, 0.2) is 5.25 Å². The van der Waals surface area contributed by atoms with Gasteiger partial charge in [0.05, 0.1) is 0 Å². The lowest BCUT2D eigenvalue weighted by atomic mass is 10.2. The van der Waals surface area contributed by atoms with Crippen LogP contribution in [0.1, 0.15) is 45.4 Å². The van der Waals surface area contributed by atoms with Crippen molar-refractivity contribution in [3.05, 3.63) is 0 Å². The molecule has 0 radical (unpaired) electrons. The van der Waals surface area contributed by atoms with Crippen molar-refractivity contribution in [1.82, 2.24) is 5.32 Å². The molecule has 4 N–H and O–H groups in total. The Morgan fingerprint density at radius 2 is 1.89 bits per heavy atom. The molecule has 1 unspecified atom stereocenters. The minimum absolute atomic E-state index is 0.270. The highest BCUT2D eigenvalue weighted by molar-refractivity contribution is 7.87. The molecule has 0 spiro atoms. The second-order valence-corrected chi connectivity index (χ2v) is 5.96. The van der Waals surface area contributed by atoms with Crippen molar-refractivity contribution in [1.29, 1.82) is 0 Å². The van der Waals surface area contributed by atoms with Gasteiger partial charge in [-0.3, -0.25) is 14.1 Å². The fourth-order valence-corrected chi connectivity index (χ4v) is 2.34. The Labute approximate surface area is 113 Å². The molecular weight excluding hydrogens is 272 g/mol. The molecule has 0 aliphatic heterocycles. The first-order chi connectivity index (χ1) is 8.79. The van der Waals surface area contributed by atoms with E-state index in [1.54, 1.807) is 0 Å². The van der Waals surface area contributed by atoms with Crippen molar-refractivity contribution in [3.63, 3.8) is 0 Å². The summed E-state index contributed by atoms with van der Waals surface area (Å²) in [6.45, 7) is 2.40. The lowest BCUT2D eigenvalue weighted by Crippen LogP contribution is -2.40. The summed E-state index contributed by atoms with van der Waals surface area (Å²) in [5, 5.41) is 0.809. The maximum Gasteiger partial charge on any atom is 0.276 e. The van der Waals surface area contributed by atoms with Crippen molar-refractivity contribution < 1.29 is 22.6 Å². The zero-order chi connectivity index (χ0) is 14.9. The number of primary amides is 1. The van der Waals surface area contributed by atoms with Crippen molar-refractivity contribution in [2.45, 2.75) is 50.7 Å². The third-order valence-electron chi connectivity index (χ3n) is 2.63. The van der Waals surface area contributed by atoms with E-state index in [-0.39, 0.29) is 12.8 Å². The molecule has 0 aliphatic rings. The number of hydrogen-bond donors (Lipinski definition) is 3. The number of carbonyl (C=O) groups excluding carboxylic acids is 2. The van der Waals surface area contributed by atoms with Crippen molar-refractivity contribution in [2.75, 3.05) is 6.54 Å². The summed E-state index contributed by atoms with van der Waals surface area (Å²) in [5.74, 6) is -1.51. The predicted molar refractivity (Wildman–Crippen MR) is 70.9 cm³/mol. The summed E-state index contributed by atoms with van der Waals surface area (Å²) in [4.78, 5) is 22.2. The molecule has 112 valence electrons. The van der Waals surface area contributed by atoms with E-state index in [4.69, 9.17) is 10.3 Å². The fourth-order valence-electron chi connectivity index (χ4n) is 1.57. The first-order valence-electron chi connectivity index (χ1n) is 6.31. The number of amides is 2. The molecule has 0 saturated carbocycles. The number of unbranched alkanes of at least 4 members (excludes halogenated alkanes) is 3. The predicted octanol–water partition coefficient (Wildman–Crippen LogP) is 0.205. The molecule has 0 bridgehead atoms. The van der Waals surface area contributed by atoms with Gasteiger partial charge in [0.25, 0.3) is 10.1 Å². The van der Waals surface area contributed by atoms with Crippen LogP contribution >= 0.6 is 0 Å². The Kier molecular flexibility index (Phi) is 8.33. The molecule has 0 heterocycles. The highest BCUT2D eigenvalue weighted by Gasteiger charge is 2.30. The van der Waals surface area contributed by atoms with Crippen LogP contribution in [0, 0.1) is 0 Å². The van der Waals surface area contributed by atoms with E-state index < -0.39 is 27.2 Å². The van der Waals surface area contributed by atoms with Gasteiger partial charge in [-0.05, 0) is 12.8 Å². The number of nitrogens with one attached hydrogen (secondary N) is 1. The summed E-state index contributed by atoms with van der Waals surface area (Å²) in [6, 6.07) is 0. The molecule has 0 rings (SSSR count). The Balaban J connectivity index is 4.28. The number of nitrogens with two attached hydrogens (primary N) is 1. The summed E-state index contributed by atoms with van der Waals surface area (Å²) in [5.41, 5.74) is 4.89. The van der Waals surface area contributed by atoms with Crippen LogP contribution in [0.3, 0.4) is 0 Å². The molecule has 19 heavy (non-hydrogen) atoms. The topological polar surface area (TPSA) is 127 Å². The van der Waals surface area contributed by atoms with E-state index in [0.29, 0.717) is 6.54 Å². The van der Waals surface area contributed by atoms with E-state index in [0.717, 1.165) is 25.7 Å². The van der Waals surface area contributed by atoms with Gasteiger partial charge in [-0.1, -0.05) is 26.2 Å². The van der Waals surface area contributed by atoms with Crippen molar-refractivity contribution in [3.8, 4) is 0 Å². The van der Waals surface area contributed by atoms with Gasteiger partial charge in [0.1, 0.15) is 0 Å². The Hall–Kier alpha value is -1.15. The van der Waals surface area contributed by atoms with Gasteiger partial charge < -0.3 is 11.1 Å². The normalized spacial score (nSPS) is 12.9. The zero-order valence-electron chi connectivity index (χ0n) is 11.1. The minimum atomic E-state index is -4.53. The first kappa shape index (κ1) is 17.8. The zero-order valence-corrected chi connectivity index (χ0v) is 11.9. The molecule has 1 atom stereocenters. The van der Waals surface area contributed by atoms with Gasteiger partial charge in [-0.25, -0.2) is 0 Å². The average molecular weight is 294 g/mol. The van der Waals surface area contributed by atoms with Crippen LogP contribution in [0.4, 0.5) is 0 Å². The van der Waals surface area contributed by atoms with Gasteiger partial charge in [-0.2, -0.15) is 8.42 Å². The van der Waals surface area contributed by atoms with E-state index in [2.05, 4.69) is 12.2 Å². The molecule has 2 amide bonds. The summed E-state index contributed by atoms with van der Waals surface area (Å²) < 4.78 is 31.1. The fraction of sp³-hybridized carbons (Fsp3) is 0.818. The Morgan fingerprint density at radius 1 is 1.26 bits per heavy atom. The largest absolute Gasteiger partial charge is 0.370 e. The lowest BCUT2D eigenvalue weighted by molar-refractivity contribution is -0.121. The highest BCUT2D eigenvalue weighted by Crippen LogP contribution is 2.08. The van der Waals surface area contributed by atoms with Gasteiger partial charge in [-0.15, -0.1) is 0 Å². The van der Waals surface area contributed by atoms with Crippen LogP contribution in [0.5, 0.6) is 0 Å². The monoisotopic (exact) mass is 294 g/mol. The van der Waals surface area contributed by atoms with Crippen LogP contribution < -0.4 is 11.1 Å². The lowest BCUT2D eigenvalue weighted by Gasteiger charge is -2.13. The summed E-state index contributed by atoms with van der Waals surface area (Å²) >= 11 is 0. The standard InChI is InChI=1S/C11H22N2O5S/c1-2-3-4-5-8-13-11(15)9(19(16,17)18)6-7-10(12)14/h9H,2-8H2,1H3,(H2,12,14)(H,13,15)(H,16,17,18). The second kappa shape index (κ2) is 8.87. The minimum Gasteiger partial charge on any atom is -0.370 e. The number of carbonyl (C=O) groups is 2. The molecule has 0 aromatic rings. The van der Waals surface area contributed by atoms with Gasteiger partial charge in [0, 0.05) is 13.0 Å². The molecule has 0 aliphatic carbocycles. The van der Waals surface area contributed by atoms with E-state index in [9.17, 15) is 18.0 Å². The molecular formula is C11H22N2O5S. The smallest absolute Gasteiger partial charge is 0.276 e. The second-order valence-electron chi connectivity index (χ2n) is 4.36. The Bertz CT molecular complexity index is 394. The summed E-state index contributed by atoms with van der Waals surface area (Å²) in [6.07, 6.45) is 3.20. The van der Waals surface area contributed by atoms with E-state index in [1.807, 2.05) is 0 Å². The molecule has 7 nitrogen and oxygen atoms in total. The quantitative estimate of drug-likeness (QED) is 0.392. The third kappa shape index (κ3) is 8.55. The number of hydrogen-bond acceptors (Lipinski definition) is 4. The first-order valence-corrected chi connectivity index (χ1v) is 7.81. The van der Waals surface area contributed by atoms with Crippen LogP contribution in [0.25, 0.3) is 0 Å². The number of rotatable bonds is 10. The van der Waals surface area contributed by atoms with E-state index in [1.165, 1.54) is 0 Å². The molecule has 0 fully saturated rings. The van der Waals surface area contributed by atoms with E-state index >= 15 is 0 Å². The van der Waals surface area contributed by atoms with Crippen molar-refractivity contribution >= 4 is 21.9 Å². The summed E-state index contributed by atoms with van der Waals surface area (Å²) in [7, 11) is -4.53. The van der Waals surface area contributed by atoms with Crippen LogP contribution in [-0.4, -0.2) is 36.6 Å². The maximum absolute atomic E-state index is 11.6. The van der Waals surface area contributed by atoms with Gasteiger partial charge in [0.2, 0.25) is 11.8 Å². The third-order valence-corrected chi connectivity index (χ3v) is 3.80. The molecule has 0 aromatic carbocycles. The maximum atomic E-state index is 11.6. The molecule has 0 aromatic heterocycles. The van der Waals surface area contributed by atoms with Crippen LogP contribution in [-0.2, 0) is 19.7 Å².